The lowest BCUT2D eigenvalue weighted by Gasteiger charge is -2.08. The molecule has 1 aromatic heterocycles. The van der Waals surface area contributed by atoms with Crippen molar-refractivity contribution >= 4 is 17.4 Å². The second-order valence-corrected chi connectivity index (χ2v) is 4.15. The van der Waals surface area contributed by atoms with Gasteiger partial charge in [0.05, 0.1) is 24.9 Å². The molecule has 6 heteroatoms. The highest BCUT2D eigenvalue weighted by Gasteiger charge is 2.12. The first-order valence-electron chi connectivity index (χ1n) is 5.84. The van der Waals surface area contributed by atoms with Crippen molar-refractivity contribution in [2.45, 2.75) is 13.3 Å². The molecule has 0 saturated carbocycles. The van der Waals surface area contributed by atoms with Gasteiger partial charge in [-0.2, -0.15) is 5.10 Å². The second-order valence-electron chi connectivity index (χ2n) is 4.15. The van der Waals surface area contributed by atoms with Gasteiger partial charge in [-0.3, -0.25) is 9.89 Å². The molecular formula is C13H16N4O2. The highest BCUT2D eigenvalue weighted by atomic mass is 16.5. The molecule has 0 aliphatic rings. The first kappa shape index (κ1) is 12.9. The van der Waals surface area contributed by atoms with Crippen molar-refractivity contribution < 1.29 is 9.53 Å². The van der Waals surface area contributed by atoms with E-state index in [1.165, 1.54) is 0 Å². The summed E-state index contributed by atoms with van der Waals surface area (Å²) in [6.07, 6.45) is 0.204. The largest absolute Gasteiger partial charge is 0.496 e. The van der Waals surface area contributed by atoms with Crippen molar-refractivity contribution in [3.8, 4) is 5.75 Å². The number of anilines is 2. The molecule has 0 spiro atoms. The van der Waals surface area contributed by atoms with Crippen LogP contribution in [0.15, 0.2) is 24.3 Å². The smallest absolute Gasteiger partial charge is 0.230 e. The number of nitrogens with two attached hydrogens (primary N) is 1. The number of carbonyl (C=O) groups excluding carboxylic acids is 1. The number of methoxy groups -OCH3 is 1. The summed E-state index contributed by atoms with van der Waals surface area (Å²) in [7, 11) is 1.58. The van der Waals surface area contributed by atoms with Crippen LogP contribution in [0.4, 0.5) is 11.5 Å². The van der Waals surface area contributed by atoms with Crippen LogP contribution in [0.1, 0.15) is 11.3 Å². The van der Waals surface area contributed by atoms with E-state index in [4.69, 9.17) is 10.5 Å². The van der Waals surface area contributed by atoms with Gasteiger partial charge in [-0.25, -0.2) is 0 Å². The van der Waals surface area contributed by atoms with Crippen molar-refractivity contribution in [1.82, 2.24) is 10.2 Å². The molecule has 4 N–H and O–H groups in total. The average Bonchev–Trinajstić information content (AvgIpc) is 2.71. The maximum absolute atomic E-state index is 11.9. The van der Waals surface area contributed by atoms with Gasteiger partial charge in [0, 0.05) is 5.56 Å². The number of hydrogen-bond acceptors (Lipinski definition) is 4. The summed E-state index contributed by atoms with van der Waals surface area (Å²) in [4.78, 5) is 11.9. The van der Waals surface area contributed by atoms with Gasteiger partial charge in [0.2, 0.25) is 5.91 Å². The van der Waals surface area contributed by atoms with Crippen LogP contribution in [0.5, 0.6) is 5.75 Å². The van der Waals surface area contributed by atoms with Gasteiger partial charge < -0.3 is 15.8 Å². The van der Waals surface area contributed by atoms with E-state index in [1.807, 2.05) is 24.3 Å². The van der Waals surface area contributed by atoms with Crippen LogP contribution in [0, 0.1) is 6.92 Å². The number of rotatable bonds is 4. The summed E-state index contributed by atoms with van der Waals surface area (Å²) in [6.45, 7) is 1.79. The Morgan fingerprint density at radius 1 is 1.47 bits per heavy atom. The molecule has 1 heterocycles. The van der Waals surface area contributed by atoms with E-state index < -0.39 is 0 Å². The summed E-state index contributed by atoms with van der Waals surface area (Å²) in [5.74, 6) is 0.851. The van der Waals surface area contributed by atoms with Crippen LogP contribution in [0.2, 0.25) is 0 Å². The number of nitrogens with zero attached hydrogens (tertiary/aromatic N) is 1. The standard InChI is InChI=1S/C13H16N4O2/c1-8-12(14)13(17-16-8)15-11(18)7-9-5-3-4-6-10(9)19-2/h3-6H,7,14H2,1-2H3,(H2,15,16,17,18). The molecule has 0 saturated heterocycles. The van der Waals surface area contributed by atoms with E-state index in [0.717, 1.165) is 11.3 Å². The Bertz CT molecular complexity index is 592. The summed E-state index contributed by atoms with van der Waals surface area (Å²) < 4.78 is 5.20. The maximum Gasteiger partial charge on any atom is 0.230 e. The van der Waals surface area contributed by atoms with Gasteiger partial charge in [-0.1, -0.05) is 18.2 Å². The molecule has 1 aromatic carbocycles. The average molecular weight is 260 g/mol. The maximum atomic E-state index is 11.9. The van der Waals surface area contributed by atoms with Gasteiger partial charge in [-0.05, 0) is 13.0 Å². The van der Waals surface area contributed by atoms with Crippen LogP contribution in [0.3, 0.4) is 0 Å². The number of hydrogen-bond donors (Lipinski definition) is 3. The fraction of sp³-hybridized carbons (Fsp3) is 0.231. The second kappa shape index (κ2) is 5.43. The first-order valence-corrected chi connectivity index (χ1v) is 5.84. The molecule has 19 heavy (non-hydrogen) atoms. The van der Waals surface area contributed by atoms with Crippen molar-refractivity contribution in [3.05, 3.63) is 35.5 Å². The van der Waals surface area contributed by atoms with E-state index in [0.29, 0.717) is 17.3 Å². The number of carbonyl (C=O) groups is 1. The number of aromatic amines is 1. The lowest BCUT2D eigenvalue weighted by Crippen LogP contribution is -2.16. The Morgan fingerprint density at radius 2 is 2.21 bits per heavy atom. The summed E-state index contributed by atoms with van der Waals surface area (Å²) >= 11 is 0. The van der Waals surface area contributed by atoms with Crippen LogP contribution in [-0.2, 0) is 11.2 Å². The molecule has 0 atom stereocenters. The molecular weight excluding hydrogens is 244 g/mol. The fourth-order valence-electron chi connectivity index (χ4n) is 1.73. The third-order valence-electron chi connectivity index (χ3n) is 2.80. The monoisotopic (exact) mass is 260 g/mol. The Hall–Kier alpha value is -2.50. The first-order chi connectivity index (χ1) is 9.11. The van der Waals surface area contributed by atoms with Crippen molar-refractivity contribution in [2.24, 2.45) is 0 Å². The van der Waals surface area contributed by atoms with Crippen molar-refractivity contribution in [2.75, 3.05) is 18.2 Å². The van der Waals surface area contributed by atoms with Crippen LogP contribution >= 0.6 is 0 Å². The molecule has 2 rings (SSSR count). The summed E-state index contributed by atoms with van der Waals surface area (Å²) in [5, 5.41) is 9.31. The normalized spacial score (nSPS) is 10.2. The highest BCUT2D eigenvalue weighted by Crippen LogP contribution is 2.20. The lowest BCUT2D eigenvalue weighted by molar-refractivity contribution is -0.115. The van der Waals surface area contributed by atoms with Gasteiger partial charge in [0.25, 0.3) is 0 Å². The number of aromatic nitrogens is 2. The number of aryl methyl sites for hydroxylation is 1. The Balaban J connectivity index is 2.07. The van der Waals surface area contributed by atoms with Gasteiger partial charge in [-0.15, -0.1) is 0 Å². The van der Waals surface area contributed by atoms with Crippen LogP contribution in [-0.4, -0.2) is 23.2 Å². The minimum atomic E-state index is -0.192. The molecule has 0 unspecified atom stereocenters. The SMILES string of the molecule is COc1ccccc1CC(=O)Nc1n[nH]c(C)c1N. The van der Waals surface area contributed by atoms with Gasteiger partial charge in [0.1, 0.15) is 5.75 Å². The number of nitrogen functional groups attached to an aromatic ring is 1. The highest BCUT2D eigenvalue weighted by molar-refractivity contribution is 5.94. The summed E-state index contributed by atoms with van der Waals surface area (Å²) in [6, 6.07) is 7.38. The molecule has 0 fully saturated rings. The number of H-pyrrole nitrogens is 1. The molecule has 0 aliphatic heterocycles. The molecule has 0 radical (unpaired) electrons. The van der Waals surface area contributed by atoms with E-state index >= 15 is 0 Å². The zero-order valence-corrected chi connectivity index (χ0v) is 10.9. The minimum Gasteiger partial charge on any atom is -0.496 e. The van der Waals surface area contributed by atoms with Crippen molar-refractivity contribution in [1.29, 1.82) is 0 Å². The zero-order valence-electron chi connectivity index (χ0n) is 10.9. The van der Waals surface area contributed by atoms with Crippen LogP contribution in [0.25, 0.3) is 0 Å². The van der Waals surface area contributed by atoms with E-state index in [2.05, 4.69) is 15.5 Å². The molecule has 100 valence electrons. The Kier molecular flexibility index (Phi) is 3.70. The van der Waals surface area contributed by atoms with Crippen LogP contribution < -0.4 is 15.8 Å². The third kappa shape index (κ3) is 2.85. The number of ether oxygens (including phenoxy) is 1. The third-order valence-corrected chi connectivity index (χ3v) is 2.80. The fourth-order valence-corrected chi connectivity index (χ4v) is 1.73. The number of benzene rings is 1. The molecule has 0 aliphatic carbocycles. The Labute approximate surface area is 111 Å². The van der Waals surface area contributed by atoms with Gasteiger partial charge in [0.15, 0.2) is 5.82 Å². The predicted molar refractivity (Wildman–Crippen MR) is 73.1 cm³/mol. The lowest BCUT2D eigenvalue weighted by atomic mass is 10.1. The number of para-hydroxylation sites is 1. The van der Waals surface area contributed by atoms with E-state index in [-0.39, 0.29) is 12.3 Å². The predicted octanol–water partition coefficient (Wildman–Crippen LogP) is 1.49. The summed E-state index contributed by atoms with van der Waals surface area (Å²) in [5.41, 5.74) is 7.76. The molecule has 1 amide bonds. The minimum absolute atomic E-state index is 0.192. The quantitative estimate of drug-likeness (QED) is 0.776. The van der Waals surface area contributed by atoms with Gasteiger partial charge >= 0.3 is 0 Å². The number of nitrogens with one attached hydrogen (secondary N) is 2. The Morgan fingerprint density at radius 3 is 2.84 bits per heavy atom. The molecule has 0 bridgehead atoms. The molecule has 2 aromatic rings. The molecule has 6 nitrogen and oxygen atoms in total. The van der Waals surface area contributed by atoms with E-state index in [9.17, 15) is 4.79 Å². The number of amides is 1. The topological polar surface area (TPSA) is 93.0 Å². The zero-order chi connectivity index (χ0) is 13.8. The van der Waals surface area contributed by atoms with E-state index in [1.54, 1.807) is 14.0 Å². The van der Waals surface area contributed by atoms with Crippen molar-refractivity contribution in [3.63, 3.8) is 0 Å².